The lowest BCUT2D eigenvalue weighted by Gasteiger charge is -2.16. The van der Waals surface area contributed by atoms with E-state index in [2.05, 4.69) is 17.0 Å². The maximum absolute atomic E-state index is 6.01. The number of allylic oxidation sites excluding steroid dienone is 4. The Kier molecular flexibility index (Phi) is 7.06. The number of nitrogens with two attached hydrogens (primary N) is 3. The Morgan fingerprint density at radius 1 is 1.25 bits per heavy atom. The molecule has 0 amide bonds. The number of benzene rings is 1. The van der Waals surface area contributed by atoms with Gasteiger partial charge >= 0.3 is 0 Å². The lowest BCUT2D eigenvalue weighted by Crippen LogP contribution is -2.13. The summed E-state index contributed by atoms with van der Waals surface area (Å²) < 4.78 is 11.4. The van der Waals surface area contributed by atoms with Gasteiger partial charge in [-0.3, -0.25) is 0 Å². The van der Waals surface area contributed by atoms with E-state index in [-0.39, 0.29) is 11.6 Å². The number of hydrogen-bond acceptors (Lipinski definition) is 7. The van der Waals surface area contributed by atoms with Crippen LogP contribution in [0, 0.1) is 0 Å². The van der Waals surface area contributed by atoms with Gasteiger partial charge in [0.05, 0.1) is 7.11 Å². The second-order valence-electron chi connectivity index (χ2n) is 6.29. The van der Waals surface area contributed by atoms with Gasteiger partial charge in [-0.2, -0.15) is 0 Å². The molecule has 0 radical (unpaired) electrons. The summed E-state index contributed by atoms with van der Waals surface area (Å²) in [5.41, 5.74) is 18.6. The van der Waals surface area contributed by atoms with Gasteiger partial charge in [-0.15, -0.1) is 0 Å². The molecule has 2 aromatic rings. The average molecular weight is 381 g/mol. The molecule has 1 heterocycles. The van der Waals surface area contributed by atoms with Crippen LogP contribution in [-0.2, 0) is 11.3 Å². The van der Waals surface area contributed by atoms with Crippen molar-refractivity contribution in [3.63, 3.8) is 0 Å². The number of aromatic nitrogens is 1. The second kappa shape index (κ2) is 9.48. The Morgan fingerprint density at radius 3 is 2.61 bits per heavy atom. The average Bonchev–Trinajstić information content (AvgIpc) is 2.68. The summed E-state index contributed by atoms with van der Waals surface area (Å²) in [4.78, 5) is 4.01. The lowest BCUT2D eigenvalue weighted by molar-refractivity contribution is 0.307. The van der Waals surface area contributed by atoms with Gasteiger partial charge in [0.15, 0.2) is 5.82 Å². The Morgan fingerprint density at radius 2 is 2.00 bits per heavy atom. The van der Waals surface area contributed by atoms with Crippen molar-refractivity contribution in [3.8, 4) is 5.75 Å². The minimum absolute atomic E-state index is 0.261. The summed E-state index contributed by atoms with van der Waals surface area (Å²) in [6.07, 6.45) is 3.54. The number of anilines is 3. The fourth-order valence-electron chi connectivity index (χ4n) is 2.80. The Balaban J connectivity index is 2.31. The van der Waals surface area contributed by atoms with Gasteiger partial charge in [-0.25, -0.2) is 10.8 Å². The molecule has 1 aromatic heterocycles. The number of nitrogens with zero attached hydrogens (tertiary/aromatic N) is 1. The van der Waals surface area contributed by atoms with Gasteiger partial charge in [-0.1, -0.05) is 36.4 Å². The van der Waals surface area contributed by atoms with Crippen molar-refractivity contribution in [3.05, 3.63) is 71.5 Å². The molecule has 0 fully saturated rings. The highest BCUT2D eigenvalue weighted by molar-refractivity contribution is 5.79. The highest BCUT2D eigenvalue weighted by Gasteiger charge is 2.12. The third-order valence-electron chi connectivity index (χ3n) is 4.02. The van der Waals surface area contributed by atoms with Crippen molar-refractivity contribution in [2.24, 2.45) is 5.84 Å². The first-order chi connectivity index (χ1) is 13.4. The number of hydrogen-bond donors (Lipinski definition) is 4. The minimum Gasteiger partial charge on any atom is -0.496 e. The van der Waals surface area contributed by atoms with Crippen LogP contribution in [0.25, 0.3) is 5.57 Å². The number of rotatable bonds is 8. The minimum atomic E-state index is 0.261. The highest BCUT2D eigenvalue weighted by Crippen LogP contribution is 2.31. The quantitative estimate of drug-likeness (QED) is 0.238. The maximum Gasteiger partial charge on any atom is 0.169 e. The smallest absolute Gasteiger partial charge is 0.169 e. The van der Waals surface area contributed by atoms with Gasteiger partial charge in [0.2, 0.25) is 0 Å². The zero-order chi connectivity index (χ0) is 20.7. The zero-order valence-electron chi connectivity index (χ0n) is 16.5. The van der Waals surface area contributed by atoms with Crippen molar-refractivity contribution >= 4 is 22.9 Å². The molecule has 0 saturated heterocycles. The van der Waals surface area contributed by atoms with Crippen molar-refractivity contribution in [1.29, 1.82) is 0 Å². The first-order valence-corrected chi connectivity index (χ1v) is 8.70. The predicted octanol–water partition coefficient (Wildman–Crippen LogP) is 3.62. The summed E-state index contributed by atoms with van der Waals surface area (Å²) in [6, 6.07) is 9.57. The van der Waals surface area contributed by atoms with Crippen LogP contribution in [-0.4, -0.2) is 12.1 Å². The van der Waals surface area contributed by atoms with Gasteiger partial charge < -0.3 is 26.4 Å². The fourth-order valence-corrected chi connectivity index (χ4v) is 2.80. The van der Waals surface area contributed by atoms with Crippen LogP contribution in [0.3, 0.4) is 0 Å². The van der Waals surface area contributed by atoms with Gasteiger partial charge in [-0.05, 0) is 37.1 Å². The number of nitrogens with one attached hydrogen (secondary N) is 1. The third-order valence-corrected chi connectivity index (χ3v) is 4.02. The molecule has 0 bridgehead atoms. The fraction of sp³-hybridized carbons (Fsp3) is 0.190. The Labute approximate surface area is 165 Å². The number of pyridine rings is 1. The number of methoxy groups -OCH3 is 1. The zero-order valence-corrected chi connectivity index (χ0v) is 16.5. The normalized spacial score (nSPS) is 10.9. The standard InChI is InChI=1S/C21H27N5O2/c1-5-7-16(27-4)19(13(2)3)15-9-6-8-14(10-15)12-28-17-11-18(22)25-21(26-24)20(17)23/h5-11H,1,12,23-24H2,2-4H3,(H3,22,25,26)/b16-7+. The lowest BCUT2D eigenvalue weighted by atomic mass is 9.97. The van der Waals surface area contributed by atoms with Crippen molar-refractivity contribution in [2.75, 3.05) is 24.0 Å². The second-order valence-corrected chi connectivity index (χ2v) is 6.29. The van der Waals surface area contributed by atoms with Crippen molar-refractivity contribution in [1.82, 2.24) is 4.98 Å². The van der Waals surface area contributed by atoms with Gasteiger partial charge in [0, 0.05) is 11.6 Å². The molecule has 7 N–H and O–H groups in total. The Hall–Kier alpha value is -3.45. The number of nitrogen functional groups attached to an aromatic ring is 3. The molecule has 7 nitrogen and oxygen atoms in total. The molecule has 0 saturated carbocycles. The van der Waals surface area contributed by atoms with E-state index >= 15 is 0 Å². The highest BCUT2D eigenvalue weighted by atomic mass is 16.5. The molecule has 0 aliphatic carbocycles. The largest absolute Gasteiger partial charge is 0.496 e. The van der Waals surface area contributed by atoms with Crippen LogP contribution in [0.5, 0.6) is 5.75 Å². The topological polar surface area (TPSA) is 121 Å². The molecule has 28 heavy (non-hydrogen) atoms. The summed E-state index contributed by atoms with van der Waals surface area (Å²) in [7, 11) is 1.64. The molecule has 0 spiro atoms. The maximum atomic E-state index is 6.01. The van der Waals surface area contributed by atoms with Gasteiger partial charge in [0.1, 0.15) is 29.6 Å². The van der Waals surface area contributed by atoms with Crippen molar-refractivity contribution in [2.45, 2.75) is 20.5 Å². The number of hydrazine groups is 1. The van der Waals surface area contributed by atoms with Crippen LogP contribution in [0.15, 0.2) is 60.4 Å². The van der Waals surface area contributed by atoms with Crippen LogP contribution < -0.4 is 27.5 Å². The Bertz CT molecular complexity index is 915. The monoisotopic (exact) mass is 381 g/mol. The van der Waals surface area contributed by atoms with Crippen LogP contribution >= 0.6 is 0 Å². The van der Waals surface area contributed by atoms with E-state index in [1.54, 1.807) is 19.3 Å². The van der Waals surface area contributed by atoms with Crippen LogP contribution in [0.1, 0.15) is 25.0 Å². The van der Waals surface area contributed by atoms with E-state index in [4.69, 9.17) is 26.8 Å². The van der Waals surface area contributed by atoms with E-state index in [9.17, 15) is 0 Å². The molecular weight excluding hydrogens is 354 g/mol. The predicted molar refractivity (Wildman–Crippen MR) is 115 cm³/mol. The molecule has 1 aromatic carbocycles. The molecule has 148 valence electrons. The molecular formula is C21H27N5O2. The van der Waals surface area contributed by atoms with E-state index in [0.717, 1.165) is 28.0 Å². The summed E-state index contributed by atoms with van der Waals surface area (Å²) >= 11 is 0. The summed E-state index contributed by atoms with van der Waals surface area (Å²) in [6.45, 7) is 8.13. The first-order valence-electron chi connectivity index (χ1n) is 8.70. The third kappa shape index (κ3) is 4.83. The van der Waals surface area contributed by atoms with Crippen LogP contribution in [0.4, 0.5) is 17.3 Å². The summed E-state index contributed by atoms with van der Waals surface area (Å²) in [5, 5.41) is 0. The first kappa shape index (κ1) is 20.9. The number of ether oxygens (including phenoxy) is 2. The van der Waals surface area contributed by atoms with E-state index in [0.29, 0.717) is 18.0 Å². The van der Waals surface area contributed by atoms with E-state index < -0.39 is 0 Å². The van der Waals surface area contributed by atoms with Crippen molar-refractivity contribution < 1.29 is 9.47 Å². The SMILES string of the molecule is C=C/C=C(/OC)C(=C(C)C)c1cccc(COc2cc(N)nc(NN)c2N)c1. The summed E-state index contributed by atoms with van der Waals surface area (Å²) in [5.74, 6) is 7.11. The molecule has 0 aliphatic heterocycles. The molecule has 7 heteroatoms. The molecule has 0 unspecified atom stereocenters. The van der Waals surface area contributed by atoms with E-state index in [1.165, 1.54) is 0 Å². The molecule has 2 rings (SSSR count). The molecule has 0 atom stereocenters. The van der Waals surface area contributed by atoms with Crippen LogP contribution in [0.2, 0.25) is 0 Å². The van der Waals surface area contributed by atoms with Gasteiger partial charge in [0.25, 0.3) is 0 Å². The molecule has 0 aliphatic rings. The van der Waals surface area contributed by atoms with E-state index in [1.807, 2.05) is 44.2 Å².